The first kappa shape index (κ1) is 13.8. The van der Waals surface area contributed by atoms with Gasteiger partial charge in [-0.1, -0.05) is 11.6 Å². The summed E-state index contributed by atoms with van der Waals surface area (Å²) in [5, 5.41) is 0.401. The zero-order valence-corrected chi connectivity index (χ0v) is 10.9. The summed E-state index contributed by atoms with van der Waals surface area (Å²) in [6.45, 7) is 1.96. The number of rotatable bonds is 4. The number of halogens is 1. The van der Waals surface area contributed by atoms with E-state index in [-0.39, 0.29) is 17.1 Å². The molecular formula is C11H13ClN2O2S. The van der Waals surface area contributed by atoms with Gasteiger partial charge in [0, 0.05) is 18.0 Å². The Kier molecular flexibility index (Phi) is 4.82. The molecule has 17 heavy (non-hydrogen) atoms. The first-order valence-electron chi connectivity index (χ1n) is 4.91. The summed E-state index contributed by atoms with van der Waals surface area (Å²) in [7, 11) is -3.59. The van der Waals surface area contributed by atoms with Crippen molar-refractivity contribution < 1.29 is 8.42 Å². The standard InChI is InChI=1S/C11H13ClN2O2S/c1-2-3-4-7-14-17(15,16)11-6-5-9(12)8-10(11)13/h5-6,8,14H,4,7,13H2,1H3. The molecule has 4 nitrogen and oxygen atoms in total. The van der Waals surface area contributed by atoms with Crippen LogP contribution in [0.4, 0.5) is 5.69 Å². The van der Waals surface area contributed by atoms with E-state index < -0.39 is 10.0 Å². The molecule has 0 heterocycles. The van der Waals surface area contributed by atoms with Crippen LogP contribution in [0.3, 0.4) is 0 Å². The number of anilines is 1. The third-order valence-corrected chi connectivity index (χ3v) is 3.75. The summed E-state index contributed by atoms with van der Waals surface area (Å²) in [4.78, 5) is 0.0337. The van der Waals surface area contributed by atoms with E-state index in [0.29, 0.717) is 11.4 Å². The Morgan fingerprint density at radius 1 is 1.47 bits per heavy atom. The lowest BCUT2D eigenvalue weighted by molar-refractivity contribution is 0.583. The molecule has 0 aromatic heterocycles. The van der Waals surface area contributed by atoms with Crippen LogP contribution >= 0.6 is 11.6 Å². The Morgan fingerprint density at radius 3 is 2.76 bits per heavy atom. The van der Waals surface area contributed by atoms with Crippen molar-refractivity contribution in [1.82, 2.24) is 4.72 Å². The summed E-state index contributed by atoms with van der Waals surface area (Å²) in [5.74, 6) is 5.45. The smallest absolute Gasteiger partial charge is 0.242 e. The molecule has 1 aromatic rings. The van der Waals surface area contributed by atoms with Crippen LogP contribution in [-0.2, 0) is 10.0 Å². The van der Waals surface area contributed by atoms with E-state index in [1.165, 1.54) is 18.2 Å². The molecule has 0 saturated heterocycles. The van der Waals surface area contributed by atoms with Gasteiger partial charge in [-0.05, 0) is 25.1 Å². The highest BCUT2D eigenvalue weighted by Crippen LogP contribution is 2.21. The lowest BCUT2D eigenvalue weighted by Gasteiger charge is -2.08. The lowest BCUT2D eigenvalue weighted by Crippen LogP contribution is -2.25. The van der Waals surface area contributed by atoms with Crippen molar-refractivity contribution >= 4 is 27.3 Å². The molecule has 3 N–H and O–H groups in total. The first-order valence-corrected chi connectivity index (χ1v) is 6.78. The molecule has 0 amide bonds. The maximum atomic E-state index is 11.8. The van der Waals surface area contributed by atoms with Gasteiger partial charge in [-0.25, -0.2) is 13.1 Å². The quantitative estimate of drug-likeness (QED) is 0.497. The van der Waals surface area contributed by atoms with Crippen LogP contribution in [0.2, 0.25) is 5.02 Å². The lowest BCUT2D eigenvalue weighted by atomic mass is 10.3. The minimum Gasteiger partial charge on any atom is -0.398 e. The van der Waals surface area contributed by atoms with Crippen LogP contribution in [0, 0.1) is 11.8 Å². The predicted molar refractivity (Wildman–Crippen MR) is 69.1 cm³/mol. The zero-order chi connectivity index (χ0) is 12.9. The second-order valence-corrected chi connectivity index (χ2v) is 5.43. The van der Waals surface area contributed by atoms with Crippen LogP contribution in [0.25, 0.3) is 0 Å². The molecule has 0 bridgehead atoms. The first-order chi connectivity index (χ1) is 7.97. The number of hydrogen-bond donors (Lipinski definition) is 2. The third-order valence-electron chi connectivity index (χ3n) is 1.98. The molecule has 0 spiro atoms. The Balaban J connectivity index is 2.85. The van der Waals surface area contributed by atoms with Crippen LogP contribution in [-0.4, -0.2) is 15.0 Å². The van der Waals surface area contributed by atoms with E-state index in [1.807, 2.05) is 0 Å². The number of hydrogen-bond acceptors (Lipinski definition) is 3. The fourth-order valence-electron chi connectivity index (χ4n) is 1.21. The predicted octanol–water partition coefficient (Wildman–Crippen LogP) is 1.61. The van der Waals surface area contributed by atoms with Gasteiger partial charge < -0.3 is 5.73 Å². The number of benzene rings is 1. The molecule has 0 unspecified atom stereocenters. The van der Waals surface area contributed by atoms with Gasteiger partial charge >= 0.3 is 0 Å². The molecule has 92 valence electrons. The van der Waals surface area contributed by atoms with Gasteiger partial charge in [0.25, 0.3) is 0 Å². The van der Waals surface area contributed by atoms with Crippen molar-refractivity contribution in [2.45, 2.75) is 18.2 Å². The maximum Gasteiger partial charge on any atom is 0.242 e. The average molecular weight is 273 g/mol. The van der Waals surface area contributed by atoms with Gasteiger partial charge in [0.2, 0.25) is 10.0 Å². The van der Waals surface area contributed by atoms with Crippen molar-refractivity contribution in [1.29, 1.82) is 0 Å². The van der Waals surface area contributed by atoms with Crippen molar-refractivity contribution in [3.8, 4) is 11.8 Å². The SMILES string of the molecule is CC#CCCNS(=O)(=O)c1ccc(Cl)cc1N. The van der Waals surface area contributed by atoms with Gasteiger partial charge in [-0.15, -0.1) is 11.8 Å². The number of nitrogen functional groups attached to an aromatic ring is 1. The number of nitrogens with one attached hydrogen (secondary N) is 1. The minimum absolute atomic E-state index is 0.0337. The average Bonchev–Trinajstić information content (AvgIpc) is 2.24. The summed E-state index contributed by atoms with van der Waals surface area (Å²) in [6.07, 6.45) is 0.462. The van der Waals surface area contributed by atoms with Gasteiger partial charge in [0.15, 0.2) is 0 Å². The largest absolute Gasteiger partial charge is 0.398 e. The van der Waals surface area contributed by atoms with Gasteiger partial charge in [-0.2, -0.15) is 0 Å². The van der Waals surface area contributed by atoms with E-state index in [1.54, 1.807) is 6.92 Å². The molecule has 0 radical (unpaired) electrons. The molecule has 6 heteroatoms. The van der Waals surface area contributed by atoms with Gasteiger partial charge in [0.1, 0.15) is 4.90 Å². The van der Waals surface area contributed by atoms with Crippen LogP contribution in [0.1, 0.15) is 13.3 Å². The van der Waals surface area contributed by atoms with Crippen LogP contribution < -0.4 is 10.5 Å². The third kappa shape index (κ3) is 3.93. The molecular weight excluding hydrogens is 260 g/mol. The fourth-order valence-corrected chi connectivity index (χ4v) is 2.54. The Labute approximate surface area is 106 Å². The molecule has 0 aliphatic heterocycles. The number of sulfonamides is 1. The molecule has 0 fully saturated rings. The molecule has 1 rings (SSSR count). The van der Waals surface area contributed by atoms with Crippen molar-refractivity contribution in [3.05, 3.63) is 23.2 Å². The van der Waals surface area contributed by atoms with Gasteiger partial charge in [0.05, 0.1) is 5.69 Å². The highest BCUT2D eigenvalue weighted by atomic mass is 35.5. The summed E-state index contributed by atoms with van der Waals surface area (Å²) >= 11 is 5.70. The minimum atomic E-state index is -3.59. The molecule has 1 aromatic carbocycles. The van der Waals surface area contributed by atoms with Crippen molar-refractivity contribution in [2.24, 2.45) is 0 Å². The van der Waals surface area contributed by atoms with E-state index in [9.17, 15) is 8.42 Å². The highest BCUT2D eigenvalue weighted by Gasteiger charge is 2.16. The highest BCUT2D eigenvalue weighted by molar-refractivity contribution is 7.89. The van der Waals surface area contributed by atoms with E-state index in [0.717, 1.165) is 0 Å². The van der Waals surface area contributed by atoms with E-state index in [4.69, 9.17) is 17.3 Å². The normalized spacial score (nSPS) is 10.7. The maximum absolute atomic E-state index is 11.8. The summed E-state index contributed by atoms with van der Waals surface area (Å²) < 4.78 is 26.1. The molecule has 0 saturated carbocycles. The second kappa shape index (κ2) is 5.92. The Morgan fingerprint density at radius 2 is 2.18 bits per heavy atom. The zero-order valence-electron chi connectivity index (χ0n) is 9.33. The van der Waals surface area contributed by atoms with Crippen LogP contribution in [0.5, 0.6) is 0 Å². The number of nitrogens with two attached hydrogens (primary N) is 1. The monoisotopic (exact) mass is 272 g/mol. The summed E-state index contributed by atoms with van der Waals surface area (Å²) in [5.41, 5.74) is 5.74. The topological polar surface area (TPSA) is 72.2 Å². The van der Waals surface area contributed by atoms with Gasteiger partial charge in [-0.3, -0.25) is 0 Å². The van der Waals surface area contributed by atoms with Crippen molar-refractivity contribution in [2.75, 3.05) is 12.3 Å². The molecule has 0 aliphatic carbocycles. The Bertz CT molecular complexity index is 559. The van der Waals surface area contributed by atoms with Crippen molar-refractivity contribution in [3.63, 3.8) is 0 Å². The van der Waals surface area contributed by atoms with E-state index >= 15 is 0 Å². The molecule has 0 aliphatic rings. The second-order valence-electron chi connectivity index (χ2n) is 3.26. The fraction of sp³-hybridized carbons (Fsp3) is 0.273. The molecule has 0 atom stereocenters. The Hall–Kier alpha value is -1.22. The summed E-state index contributed by atoms with van der Waals surface area (Å²) in [6, 6.07) is 4.27. The van der Waals surface area contributed by atoms with Crippen LogP contribution in [0.15, 0.2) is 23.1 Å². The van der Waals surface area contributed by atoms with E-state index in [2.05, 4.69) is 16.6 Å².